The zero-order valence-corrected chi connectivity index (χ0v) is 15.5. The third-order valence-corrected chi connectivity index (χ3v) is 7.15. The van der Waals surface area contributed by atoms with E-state index in [4.69, 9.17) is 9.47 Å². The van der Waals surface area contributed by atoms with Gasteiger partial charge in [-0.2, -0.15) is 0 Å². The van der Waals surface area contributed by atoms with E-state index in [2.05, 4.69) is 45.0 Å². The molecule has 5 rings (SSSR count). The number of hydrogen-bond donors (Lipinski definition) is 0. The number of hydrogen-bond acceptors (Lipinski definition) is 2. The first-order valence-electron chi connectivity index (χ1n) is 9.90. The number of rotatable bonds is 6. The number of benzene rings is 1. The largest absolute Gasteiger partial charge is 0.468 e. The van der Waals surface area contributed by atoms with E-state index in [0.717, 1.165) is 35.8 Å². The summed E-state index contributed by atoms with van der Waals surface area (Å²) in [6, 6.07) is 8.57. The summed E-state index contributed by atoms with van der Waals surface area (Å²) in [6.45, 7) is 7.23. The van der Waals surface area contributed by atoms with Gasteiger partial charge >= 0.3 is 0 Å². The van der Waals surface area contributed by atoms with E-state index in [1.54, 1.807) is 0 Å². The van der Waals surface area contributed by atoms with Crippen LogP contribution in [0.2, 0.25) is 0 Å². The normalized spacial score (nSPS) is 34.5. The molecule has 4 fully saturated rings. The van der Waals surface area contributed by atoms with Crippen LogP contribution < -0.4 is 4.74 Å². The van der Waals surface area contributed by atoms with E-state index >= 15 is 0 Å². The van der Waals surface area contributed by atoms with Gasteiger partial charge in [0.2, 0.25) is 0 Å². The van der Waals surface area contributed by atoms with Crippen LogP contribution in [-0.4, -0.2) is 12.9 Å². The first-order chi connectivity index (χ1) is 11.5. The molecule has 4 bridgehead atoms. The molecule has 132 valence electrons. The average Bonchev–Trinajstić information content (AvgIpc) is 2.57. The first kappa shape index (κ1) is 16.4. The smallest absolute Gasteiger partial charge is 0.189 e. The standard InChI is InChI=1S/C22H32O2/c1-4-22(2,3)19-5-7-20(8-6-19)23-14-24-21-17-10-15-9-16(12-17)13-18(21)11-15/h5-8,15-18,21H,4,9-14H2,1-3H3. The van der Waals surface area contributed by atoms with Crippen LogP contribution in [0.4, 0.5) is 0 Å². The van der Waals surface area contributed by atoms with Gasteiger partial charge in [-0.25, -0.2) is 0 Å². The van der Waals surface area contributed by atoms with Crippen LogP contribution in [-0.2, 0) is 10.2 Å². The summed E-state index contributed by atoms with van der Waals surface area (Å²) in [5.74, 6) is 4.54. The summed E-state index contributed by atoms with van der Waals surface area (Å²) in [7, 11) is 0. The molecule has 4 aliphatic carbocycles. The molecule has 4 aliphatic rings. The van der Waals surface area contributed by atoms with Crippen molar-refractivity contribution in [2.24, 2.45) is 23.7 Å². The minimum atomic E-state index is 0.232. The molecule has 0 aliphatic heterocycles. The molecular weight excluding hydrogens is 296 g/mol. The van der Waals surface area contributed by atoms with Crippen molar-refractivity contribution in [2.75, 3.05) is 6.79 Å². The predicted octanol–water partition coefficient (Wildman–Crippen LogP) is 5.55. The Balaban J connectivity index is 1.30. The van der Waals surface area contributed by atoms with Gasteiger partial charge in [-0.15, -0.1) is 0 Å². The lowest BCUT2D eigenvalue weighted by atomic mass is 9.55. The Hall–Kier alpha value is -1.02. The fourth-order valence-corrected chi connectivity index (χ4v) is 5.53. The minimum absolute atomic E-state index is 0.232. The summed E-state index contributed by atoms with van der Waals surface area (Å²) in [5.41, 5.74) is 1.61. The molecule has 1 aromatic rings. The lowest BCUT2D eigenvalue weighted by molar-refractivity contribution is -0.155. The van der Waals surface area contributed by atoms with Crippen molar-refractivity contribution in [2.45, 2.75) is 70.8 Å². The SMILES string of the molecule is CCC(C)(C)c1ccc(OCOC2C3CC4CC(C3)CC2C4)cc1. The Kier molecular flexibility index (Phi) is 4.36. The van der Waals surface area contributed by atoms with Crippen molar-refractivity contribution in [1.29, 1.82) is 0 Å². The maximum absolute atomic E-state index is 6.22. The molecule has 0 radical (unpaired) electrons. The van der Waals surface area contributed by atoms with E-state index < -0.39 is 0 Å². The van der Waals surface area contributed by atoms with Crippen molar-refractivity contribution < 1.29 is 9.47 Å². The monoisotopic (exact) mass is 328 g/mol. The molecule has 0 spiro atoms. The highest BCUT2D eigenvalue weighted by molar-refractivity contribution is 5.31. The third-order valence-electron chi connectivity index (χ3n) is 7.15. The van der Waals surface area contributed by atoms with Gasteiger partial charge in [-0.1, -0.05) is 32.9 Å². The maximum atomic E-state index is 6.22. The molecule has 0 amide bonds. The van der Waals surface area contributed by atoms with E-state index in [0.29, 0.717) is 12.9 Å². The summed E-state index contributed by atoms with van der Waals surface area (Å²) >= 11 is 0. The highest BCUT2D eigenvalue weighted by Gasteiger charge is 2.48. The van der Waals surface area contributed by atoms with Crippen LogP contribution in [0.25, 0.3) is 0 Å². The Morgan fingerprint density at radius 2 is 1.50 bits per heavy atom. The van der Waals surface area contributed by atoms with Crippen molar-refractivity contribution in [3.05, 3.63) is 29.8 Å². The van der Waals surface area contributed by atoms with E-state index in [-0.39, 0.29) is 5.41 Å². The first-order valence-corrected chi connectivity index (χ1v) is 9.90. The summed E-state index contributed by atoms with van der Waals surface area (Å²) in [5, 5.41) is 0. The molecule has 24 heavy (non-hydrogen) atoms. The van der Waals surface area contributed by atoms with Crippen molar-refractivity contribution in [3.63, 3.8) is 0 Å². The summed E-state index contributed by atoms with van der Waals surface area (Å²) in [6.07, 6.45) is 8.70. The fourth-order valence-electron chi connectivity index (χ4n) is 5.53. The second-order valence-electron chi connectivity index (χ2n) is 9.09. The van der Waals surface area contributed by atoms with Crippen LogP contribution in [0.3, 0.4) is 0 Å². The summed E-state index contributed by atoms with van der Waals surface area (Å²) in [4.78, 5) is 0. The molecule has 0 atom stereocenters. The zero-order valence-electron chi connectivity index (χ0n) is 15.5. The van der Waals surface area contributed by atoms with Gasteiger partial charge in [0.25, 0.3) is 0 Å². The van der Waals surface area contributed by atoms with Gasteiger partial charge in [-0.3, -0.25) is 0 Å². The average molecular weight is 328 g/mol. The second kappa shape index (κ2) is 6.37. The molecule has 4 saturated carbocycles. The van der Waals surface area contributed by atoms with Gasteiger partial charge in [-0.05, 0) is 85.3 Å². The lowest BCUT2D eigenvalue weighted by Gasteiger charge is -2.53. The number of ether oxygens (including phenoxy) is 2. The quantitative estimate of drug-likeness (QED) is 0.637. The Morgan fingerprint density at radius 1 is 0.917 bits per heavy atom. The van der Waals surface area contributed by atoms with Crippen LogP contribution in [0, 0.1) is 23.7 Å². The Bertz CT molecular complexity index is 532. The predicted molar refractivity (Wildman–Crippen MR) is 97.2 cm³/mol. The molecule has 2 nitrogen and oxygen atoms in total. The molecule has 0 N–H and O–H groups in total. The third kappa shape index (κ3) is 3.10. The van der Waals surface area contributed by atoms with Crippen molar-refractivity contribution in [1.82, 2.24) is 0 Å². The van der Waals surface area contributed by atoms with E-state index in [9.17, 15) is 0 Å². The highest BCUT2D eigenvalue weighted by Crippen LogP contribution is 2.54. The van der Waals surface area contributed by atoms with Gasteiger partial charge in [0.15, 0.2) is 6.79 Å². The van der Waals surface area contributed by atoms with Crippen molar-refractivity contribution >= 4 is 0 Å². The summed E-state index contributed by atoms with van der Waals surface area (Å²) < 4.78 is 12.1. The van der Waals surface area contributed by atoms with Crippen LogP contribution >= 0.6 is 0 Å². The fraction of sp³-hybridized carbons (Fsp3) is 0.727. The van der Waals surface area contributed by atoms with Gasteiger partial charge in [0.1, 0.15) is 5.75 Å². The maximum Gasteiger partial charge on any atom is 0.189 e. The minimum Gasteiger partial charge on any atom is -0.468 e. The molecule has 0 saturated heterocycles. The molecular formula is C22H32O2. The second-order valence-corrected chi connectivity index (χ2v) is 9.09. The zero-order chi connectivity index (χ0) is 16.7. The molecule has 2 heteroatoms. The van der Waals surface area contributed by atoms with Gasteiger partial charge < -0.3 is 9.47 Å². The van der Waals surface area contributed by atoms with Gasteiger partial charge in [0.05, 0.1) is 6.10 Å². The van der Waals surface area contributed by atoms with Crippen molar-refractivity contribution in [3.8, 4) is 5.75 Å². The Morgan fingerprint density at radius 3 is 2.04 bits per heavy atom. The Labute approximate surface area is 146 Å². The topological polar surface area (TPSA) is 18.5 Å². The van der Waals surface area contributed by atoms with Crippen LogP contribution in [0.5, 0.6) is 5.75 Å². The molecule has 0 heterocycles. The van der Waals surface area contributed by atoms with Crippen LogP contribution in [0.1, 0.15) is 64.9 Å². The van der Waals surface area contributed by atoms with Crippen LogP contribution in [0.15, 0.2) is 24.3 Å². The van der Waals surface area contributed by atoms with E-state index in [1.807, 2.05) is 0 Å². The highest BCUT2D eigenvalue weighted by atomic mass is 16.7. The van der Waals surface area contributed by atoms with Gasteiger partial charge in [0, 0.05) is 0 Å². The van der Waals surface area contributed by atoms with E-state index in [1.165, 1.54) is 37.7 Å². The molecule has 0 aromatic heterocycles. The molecule has 1 aromatic carbocycles. The lowest BCUT2D eigenvalue weighted by Crippen LogP contribution is -2.49. The molecule has 0 unspecified atom stereocenters.